The molecule has 0 aromatic carbocycles. The summed E-state index contributed by atoms with van der Waals surface area (Å²) in [6.45, 7) is -4.00. The molecule has 0 heterocycles. The Morgan fingerprint density at radius 3 is 0.659 bits per heavy atom. The molecule has 0 fully saturated rings. The van der Waals surface area contributed by atoms with Gasteiger partial charge in [0.1, 0.15) is 0 Å². The van der Waals surface area contributed by atoms with E-state index < -0.39 is 112 Å². The molecule has 0 aliphatic heterocycles. The van der Waals surface area contributed by atoms with Crippen LogP contribution in [0.25, 0.3) is 0 Å². The maximum absolute atomic E-state index is 10.7. The van der Waals surface area contributed by atoms with Crippen molar-refractivity contribution in [3.8, 4) is 0 Å². The van der Waals surface area contributed by atoms with Crippen LogP contribution < -0.4 is 277 Å². The summed E-state index contributed by atoms with van der Waals surface area (Å²) in [4.78, 5) is 84.2. The summed E-state index contributed by atoms with van der Waals surface area (Å²) in [5.41, 5.74) is 0. The van der Waals surface area contributed by atoms with E-state index in [1.807, 2.05) is 0 Å². The first kappa shape index (κ1) is 73.2. The van der Waals surface area contributed by atoms with Crippen molar-refractivity contribution in [2.75, 3.05) is 26.2 Å². The summed E-state index contributed by atoms with van der Waals surface area (Å²) in [5.74, 6) is -13.5. The van der Waals surface area contributed by atoms with Crippen molar-refractivity contribution in [1.82, 2.24) is 9.80 Å². The van der Waals surface area contributed by atoms with Crippen LogP contribution >= 0.6 is 0 Å². The zero-order chi connectivity index (χ0) is 28.6. The molecule has 204 valence electrons. The Balaban J connectivity index is -0.0000000556. The van der Waals surface area contributed by atoms with Gasteiger partial charge < -0.3 is 79.2 Å². The Bertz CT molecular complexity index is 771. The standard InChI is InChI=1S/2C9H13NO8.8Na/c2*11-6(12)2-1-5(9(17)18)10(3-7(13)14)4-8(15)16;;;;;;;;/h2*5H,1-4H2,(H,11,12)(H,13,14)(H,15,16)(H,17,18);;;;;;;;/q;;8*+1/p-8. The van der Waals surface area contributed by atoms with E-state index in [0.717, 1.165) is 0 Å². The third-order valence-electron chi connectivity index (χ3n) is 4.00. The van der Waals surface area contributed by atoms with E-state index in [0.29, 0.717) is 9.80 Å². The molecule has 0 N–H and O–H groups in total. The van der Waals surface area contributed by atoms with E-state index in [4.69, 9.17) is 0 Å². The summed E-state index contributed by atoms with van der Waals surface area (Å²) < 4.78 is 0. The zero-order valence-electron chi connectivity index (χ0n) is 26.2. The second kappa shape index (κ2) is 42.8. The molecule has 0 saturated heterocycles. The summed E-state index contributed by atoms with van der Waals surface area (Å²) >= 11 is 0. The van der Waals surface area contributed by atoms with E-state index in [-0.39, 0.29) is 236 Å². The molecule has 0 aliphatic carbocycles. The first-order valence-electron chi connectivity index (χ1n) is 9.56. The number of nitrogens with zero attached hydrogens (tertiary/aromatic N) is 2. The Morgan fingerprint density at radius 2 is 0.545 bits per heavy atom. The smallest absolute Gasteiger partial charge is 0.550 e. The first-order chi connectivity index (χ1) is 16.5. The molecule has 0 spiro atoms. The van der Waals surface area contributed by atoms with Crippen molar-refractivity contribution < 1.29 is 316 Å². The molecule has 0 aromatic rings. The van der Waals surface area contributed by atoms with Crippen LogP contribution in [0.4, 0.5) is 0 Å². The third kappa shape index (κ3) is 43.7. The van der Waals surface area contributed by atoms with Gasteiger partial charge in [-0.25, -0.2) is 0 Å². The molecule has 0 radical (unpaired) electrons. The maximum atomic E-state index is 10.7. The van der Waals surface area contributed by atoms with Gasteiger partial charge in [-0.05, 0) is 25.7 Å². The van der Waals surface area contributed by atoms with Crippen molar-refractivity contribution in [2.45, 2.75) is 37.8 Å². The van der Waals surface area contributed by atoms with Crippen LogP contribution in [0, 0.1) is 0 Å². The largest absolute Gasteiger partial charge is 1.00 e. The third-order valence-corrected chi connectivity index (χ3v) is 4.00. The number of carbonyl (C=O) groups excluding carboxylic acids is 8. The number of carboxylic acids is 8. The predicted octanol–water partition coefficient (Wildman–Crippen LogP) is -37.1. The second-order valence-corrected chi connectivity index (χ2v) is 6.79. The minimum Gasteiger partial charge on any atom is -0.550 e. The van der Waals surface area contributed by atoms with E-state index in [1.165, 1.54) is 0 Å². The molecule has 0 bridgehead atoms. The number of hydrogen-bond donors (Lipinski definition) is 0. The number of aliphatic carboxylic acids is 8. The quantitative estimate of drug-likeness (QED) is 0.120. The van der Waals surface area contributed by atoms with Crippen molar-refractivity contribution >= 4 is 47.8 Å². The summed E-state index contributed by atoms with van der Waals surface area (Å²) in [6, 6.07) is -3.39. The number of hydrogen-bond acceptors (Lipinski definition) is 18. The fourth-order valence-corrected chi connectivity index (χ4v) is 2.62. The SMILES string of the molecule is O=C([O-])CCC(C(=O)[O-])N(CC(=O)[O-])CC(=O)[O-].O=C([O-])CCC(C(=O)[O-])N(CC(=O)[O-])CC(=O)[O-].[Na+].[Na+].[Na+].[Na+].[Na+].[Na+].[Na+].[Na+]. The van der Waals surface area contributed by atoms with E-state index in [2.05, 4.69) is 0 Å². The number of rotatable bonds is 18. The molecular weight excluding hydrogens is 684 g/mol. The maximum Gasteiger partial charge on any atom is 1.00 e. The van der Waals surface area contributed by atoms with E-state index >= 15 is 0 Å². The van der Waals surface area contributed by atoms with Gasteiger partial charge in [-0.2, -0.15) is 0 Å². The van der Waals surface area contributed by atoms with Gasteiger partial charge in [0.2, 0.25) is 0 Å². The van der Waals surface area contributed by atoms with Gasteiger partial charge >= 0.3 is 236 Å². The summed E-state index contributed by atoms with van der Waals surface area (Å²) in [7, 11) is 0. The number of carboxylic acid groups (broad SMARTS) is 8. The van der Waals surface area contributed by atoms with Crippen molar-refractivity contribution in [3.63, 3.8) is 0 Å². The van der Waals surface area contributed by atoms with Gasteiger partial charge in [0.25, 0.3) is 0 Å². The van der Waals surface area contributed by atoms with Gasteiger partial charge in [0.15, 0.2) is 0 Å². The second-order valence-electron chi connectivity index (χ2n) is 6.79. The van der Waals surface area contributed by atoms with Crippen LogP contribution in [0.1, 0.15) is 25.7 Å². The van der Waals surface area contributed by atoms with Gasteiger partial charge in [-0.3, -0.25) is 9.80 Å². The fourth-order valence-electron chi connectivity index (χ4n) is 2.62. The summed E-state index contributed by atoms with van der Waals surface area (Å²) in [6.07, 6.45) is -2.47. The van der Waals surface area contributed by atoms with Crippen LogP contribution in [0.15, 0.2) is 0 Å². The molecule has 0 saturated carbocycles. The molecule has 0 aliphatic rings. The van der Waals surface area contributed by atoms with Crippen LogP contribution in [-0.4, -0.2) is 95.8 Å². The Kier molecular flexibility index (Phi) is 71.3. The molecule has 44 heavy (non-hydrogen) atoms. The van der Waals surface area contributed by atoms with Gasteiger partial charge in [-0.15, -0.1) is 0 Å². The van der Waals surface area contributed by atoms with E-state index in [9.17, 15) is 79.2 Å². The molecule has 0 rings (SSSR count). The van der Waals surface area contributed by atoms with Crippen LogP contribution in [-0.2, 0) is 38.4 Å². The van der Waals surface area contributed by atoms with Gasteiger partial charge in [0, 0.05) is 38.1 Å². The van der Waals surface area contributed by atoms with Gasteiger partial charge in [0.05, 0.1) is 47.9 Å². The average Bonchev–Trinajstić information content (AvgIpc) is 2.65. The Morgan fingerprint density at radius 1 is 0.364 bits per heavy atom. The van der Waals surface area contributed by atoms with Crippen molar-refractivity contribution in [1.29, 1.82) is 0 Å². The summed E-state index contributed by atoms with van der Waals surface area (Å²) in [5, 5.41) is 83.2. The van der Waals surface area contributed by atoms with Crippen LogP contribution in [0.5, 0.6) is 0 Å². The monoisotopic (exact) mass is 702 g/mol. The molecule has 26 heteroatoms. The predicted molar refractivity (Wildman–Crippen MR) is 89.2 cm³/mol. The average molecular weight is 702 g/mol. The molecule has 2 atom stereocenters. The van der Waals surface area contributed by atoms with Crippen LogP contribution in [0.3, 0.4) is 0 Å². The molecule has 0 aromatic heterocycles. The van der Waals surface area contributed by atoms with Crippen molar-refractivity contribution in [3.05, 3.63) is 0 Å². The van der Waals surface area contributed by atoms with E-state index in [1.54, 1.807) is 0 Å². The zero-order valence-corrected chi connectivity index (χ0v) is 42.2. The van der Waals surface area contributed by atoms with Crippen molar-refractivity contribution in [2.24, 2.45) is 0 Å². The Labute approximate surface area is 428 Å². The molecular formula is C18H18N2Na8O16. The molecule has 2 unspecified atom stereocenters. The number of carbonyl (C=O) groups is 8. The first-order valence-corrected chi connectivity index (χ1v) is 9.56. The normalized spacial score (nSPS) is 9.86. The van der Waals surface area contributed by atoms with Crippen LogP contribution in [0.2, 0.25) is 0 Å². The fraction of sp³-hybridized carbons (Fsp3) is 0.556. The minimum atomic E-state index is -1.79. The minimum absolute atomic E-state index is 0. The molecule has 18 nitrogen and oxygen atoms in total. The molecule has 0 amide bonds. The topological polar surface area (TPSA) is 328 Å². The van der Waals surface area contributed by atoms with Gasteiger partial charge in [-0.1, -0.05) is 0 Å². The Hall–Kier alpha value is 3.68.